The molecule has 0 bridgehead atoms. The van der Waals surface area contributed by atoms with Crippen LogP contribution in [0.3, 0.4) is 0 Å². The van der Waals surface area contributed by atoms with Crippen molar-refractivity contribution in [3.05, 3.63) is 106 Å². The lowest BCUT2D eigenvalue weighted by atomic mass is 10.1. The Hall–Kier alpha value is -3.84. The summed E-state index contributed by atoms with van der Waals surface area (Å²) >= 11 is 0. The van der Waals surface area contributed by atoms with Crippen LogP contribution in [0.4, 0.5) is 5.69 Å². The SMILES string of the molecule is O=[N+]([O-])c1ccc(OC2=C[C@H](c3ccc(Oc4ccccc4)cc3)ON2)cc1. The minimum Gasteiger partial charge on any atom is -0.457 e. The van der Waals surface area contributed by atoms with Gasteiger partial charge in [-0.05, 0) is 42.0 Å². The molecule has 0 amide bonds. The monoisotopic (exact) mass is 376 g/mol. The highest BCUT2D eigenvalue weighted by atomic mass is 16.7. The van der Waals surface area contributed by atoms with Gasteiger partial charge in [-0.2, -0.15) is 0 Å². The van der Waals surface area contributed by atoms with E-state index in [1.807, 2.05) is 54.6 Å². The van der Waals surface area contributed by atoms with E-state index < -0.39 is 4.92 Å². The molecule has 0 aliphatic carbocycles. The number of non-ortho nitro benzene ring substituents is 1. The Morgan fingerprint density at radius 1 is 0.821 bits per heavy atom. The van der Waals surface area contributed by atoms with Gasteiger partial charge in [-0.15, -0.1) is 0 Å². The summed E-state index contributed by atoms with van der Waals surface area (Å²) in [5.74, 6) is 2.39. The first-order valence-corrected chi connectivity index (χ1v) is 8.56. The van der Waals surface area contributed by atoms with Crippen molar-refractivity contribution >= 4 is 5.69 Å². The molecule has 28 heavy (non-hydrogen) atoms. The van der Waals surface area contributed by atoms with E-state index in [4.69, 9.17) is 14.3 Å². The fourth-order valence-electron chi connectivity index (χ4n) is 2.66. The highest BCUT2D eigenvalue weighted by Crippen LogP contribution is 2.29. The van der Waals surface area contributed by atoms with Gasteiger partial charge in [0, 0.05) is 18.2 Å². The molecule has 0 saturated carbocycles. The second kappa shape index (κ2) is 7.81. The molecule has 1 aliphatic heterocycles. The van der Waals surface area contributed by atoms with Gasteiger partial charge >= 0.3 is 0 Å². The number of nitrogens with zero attached hydrogens (tertiary/aromatic N) is 1. The van der Waals surface area contributed by atoms with Crippen molar-refractivity contribution < 1.29 is 19.2 Å². The van der Waals surface area contributed by atoms with Crippen molar-refractivity contribution in [3.63, 3.8) is 0 Å². The first-order chi connectivity index (χ1) is 13.7. The van der Waals surface area contributed by atoms with E-state index in [1.54, 1.807) is 6.08 Å². The molecular weight excluding hydrogens is 360 g/mol. The van der Waals surface area contributed by atoms with Crippen molar-refractivity contribution in [3.8, 4) is 17.2 Å². The van der Waals surface area contributed by atoms with Gasteiger partial charge in [0.1, 0.15) is 23.4 Å². The lowest BCUT2D eigenvalue weighted by Crippen LogP contribution is -2.12. The van der Waals surface area contributed by atoms with E-state index in [9.17, 15) is 10.1 Å². The Balaban J connectivity index is 1.40. The van der Waals surface area contributed by atoms with Crippen LogP contribution in [0, 0.1) is 10.1 Å². The summed E-state index contributed by atoms with van der Waals surface area (Å²) in [6.45, 7) is 0. The lowest BCUT2D eigenvalue weighted by Gasteiger charge is -2.09. The summed E-state index contributed by atoms with van der Waals surface area (Å²) in [5, 5.41) is 10.7. The predicted octanol–water partition coefficient (Wildman–Crippen LogP) is 4.88. The third kappa shape index (κ3) is 4.11. The second-order valence-corrected chi connectivity index (χ2v) is 6.01. The maximum Gasteiger partial charge on any atom is 0.269 e. The van der Waals surface area contributed by atoms with Crippen LogP contribution < -0.4 is 15.0 Å². The van der Waals surface area contributed by atoms with Crippen molar-refractivity contribution in [2.75, 3.05) is 0 Å². The Morgan fingerprint density at radius 3 is 2.11 bits per heavy atom. The molecule has 0 fully saturated rings. The maximum absolute atomic E-state index is 10.7. The van der Waals surface area contributed by atoms with Crippen molar-refractivity contribution in [1.29, 1.82) is 0 Å². The zero-order chi connectivity index (χ0) is 19.3. The Kier molecular flexibility index (Phi) is 4.90. The Morgan fingerprint density at radius 2 is 1.43 bits per heavy atom. The molecule has 7 heteroatoms. The van der Waals surface area contributed by atoms with Gasteiger partial charge in [0.05, 0.1) is 4.92 Å². The fourth-order valence-corrected chi connectivity index (χ4v) is 2.66. The number of hydrogen-bond acceptors (Lipinski definition) is 6. The van der Waals surface area contributed by atoms with Crippen LogP contribution in [-0.2, 0) is 4.84 Å². The van der Waals surface area contributed by atoms with Crippen molar-refractivity contribution in [2.24, 2.45) is 0 Å². The summed E-state index contributed by atoms with van der Waals surface area (Å²) in [6.07, 6.45) is 1.47. The molecule has 0 unspecified atom stereocenters. The van der Waals surface area contributed by atoms with Crippen LogP contribution >= 0.6 is 0 Å². The maximum atomic E-state index is 10.7. The first-order valence-electron chi connectivity index (χ1n) is 8.56. The van der Waals surface area contributed by atoms with E-state index in [2.05, 4.69) is 5.48 Å². The van der Waals surface area contributed by atoms with Crippen LogP contribution in [0.15, 0.2) is 90.8 Å². The highest BCUT2D eigenvalue weighted by molar-refractivity contribution is 5.38. The fraction of sp³-hybridized carbons (Fsp3) is 0.0476. The number of nitro groups is 1. The molecule has 0 saturated heterocycles. The topological polar surface area (TPSA) is 82.9 Å². The molecule has 0 radical (unpaired) electrons. The molecule has 140 valence electrons. The molecule has 0 aromatic heterocycles. The van der Waals surface area contributed by atoms with Gasteiger partial charge in [-0.3, -0.25) is 15.0 Å². The van der Waals surface area contributed by atoms with Gasteiger partial charge in [-0.1, -0.05) is 30.3 Å². The zero-order valence-corrected chi connectivity index (χ0v) is 14.6. The molecule has 7 nitrogen and oxygen atoms in total. The summed E-state index contributed by atoms with van der Waals surface area (Å²) in [7, 11) is 0. The summed E-state index contributed by atoms with van der Waals surface area (Å²) in [5.41, 5.74) is 3.65. The van der Waals surface area contributed by atoms with Crippen LogP contribution in [-0.4, -0.2) is 4.92 Å². The number of nitrogens with one attached hydrogen (secondary N) is 1. The van der Waals surface area contributed by atoms with Gasteiger partial charge in [0.25, 0.3) is 5.69 Å². The van der Waals surface area contributed by atoms with Crippen LogP contribution in [0.25, 0.3) is 0 Å². The summed E-state index contributed by atoms with van der Waals surface area (Å²) < 4.78 is 11.4. The molecule has 1 heterocycles. The van der Waals surface area contributed by atoms with E-state index in [1.165, 1.54) is 24.3 Å². The molecule has 1 atom stereocenters. The van der Waals surface area contributed by atoms with Crippen LogP contribution in [0.5, 0.6) is 17.2 Å². The summed E-state index contributed by atoms with van der Waals surface area (Å²) in [6, 6.07) is 22.9. The second-order valence-electron chi connectivity index (χ2n) is 6.01. The van der Waals surface area contributed by atoms with Crippen molar-refractivity contribution in [2.45, 2.75) is 6.10 Å². The Bertz CT molecular complexity index is 986. The number of ether oxygens (including phenoxy) is 2. The lowest BCUT2D eigenvalue weighted by molar-refractivity contribution is -0.384. The summed E-state index contributed by atoms with van der Waals surface area (Å²) in [4.78, 5) is 15.8. The molecule has 1 aliphatic rings. The molecule has 0 spiro atoms. The normalized spacial score (nSPS) is 15.4. The predicted molar refractivity (Wildman–Crippen MR) is 102 cm³/mol. The highest BCUT2D eigenvalue weighted by Gasteiger charge is 2.20. The number of hydroxylamine groups is 1. The average molecular weight is 376 g/mol. The van der Waals surface area contributed by atoms with Gasteiger partial charge in [-0.25, -0.2) is 5.48 Å². The largest absolute Gasteiger partial charge is 0.457 e. The molecule has 4 rings (SSSR count). The smallest absolute Gasteiger partial charge is 0.269 e. The van der Waals surface area contributed by atoms with Crippen molar-refractivity contribution in [1.82, 2.24) is 5.48 Å². The minimum atomic E-state index is -0.457. The molecule has 3 aromatic carbocycles. The number of hydrogen-bond donors (Lipinski definition) is 1. The number of rotatable bonds is 6. The van der Waals surface area contributed by atoms with Gasteiger partial charge < -0.3 is 9.47 Å². The number of para-hydroxylation sites is 1. The average Bonchev–Trinajstić information content (AvgIpc) is 3.18. The quantitative estimate of drug-likeness (QED) is 0.487. The number of nitro benzene ring substituents is 1. The van der Waals surface area contributed by atoms with E-state index in [-0.39, 0.29) is 11.8 Å². The van der Waals surface area contributed by atoms with E-state index in [0.29, 0.717) is 11.6 Å². The van der Waals surface area contributed by atoms with Crippen LogP contribution in [0.2, 0.25) is 0 Å². The standard InChI is InChI=1S/C21H16N2O5/c24-23(25)16-8-12-19(13-9-16)27-21-14-20(28-22-21)15-6-10-18(11-7-15)26-17-4-2-1-3-5-17/h1-14,20,22H/t20-/m1/s1. The van der Waals surface area contributed by atoms with E-state index in [0.717, 1.165) is 17.1 Å². The minimum absolute atomic E-state index is 0.00708. The molecular formula is C21H16N2O5. The van der Waals surface area contributed by atoms with Gasteiger partial charge in [0.15, 0.2) is 0 Å². The molecule has 3 aromatic rings. The molecule has 1 N–H and O–H groups in total. The number of benzene rings is 3. The van der Waals surface area contributed by atoms with Crippen LogP contribution in [0.1, 0.15) is 11.7 Å². The first kappa shape index (κ1) is 17.6. The van der Waals surface area contributed by atoms with Gasteiger partial charge in [0.2, 0.25) is 5.88 Å². The third-order valence-electron chi connectivity index (χ3n) is 4.05. The van der Waals surface area contributed by atoms with E-state index >= 15 is 0 Å². The Labute approximate surface area is 160 Å². The third-order valence-corrected chi connectivity index (χ3v) is 4.05. The zero-order valence-electron chi connectivity index (χ0n) is 14.6.